The van der Waals surface area contributed by atoms with Gasteiger partial charge < -0.3 is 10.1 Å². The highest BCUT2D eigenvalue weighted by Gasteiger charge is 2.27. The van der Waals surface area contributed by atoms with Crippen LogP contribution in [-0.4, -0.2) is 83.5 Å². The first-order valence-electron chi connectivity index (χ1n) is 9.59. The molecular weight excluding hydrogens is 418 g/mol. The summed E-state index contributed by atoms with van der Waals surface area (Å²) in [6.07, 6.45) is 2.60. The van der Waals surface area contributed by atoms with E-state index in [9.17, 15) is 21.6 Å². The average Bonchev–Trinajstić information content (AvgIpc) is 2.72. The molecule has 1 N–H and O–H groups in total. The van der Waals surface area contributed by atoms with Crippen molar-refractivity contribution in [2.24, 2.45) is 5.92 Å². The van der Waals surface area contributed by atoms with Gasteiger partial charge in [-0.15, -0.1) is 0 Å². The summed E-state index contributed by atoms with van der Waals surface area (Å²) in [5.41, 5.74) is 0.388. The van der Waals surface area contributed by atoms with E-state index in [0.717, 1.165) is 0 Å². The van der Waals surface area contributed by atoms with Crippen LogP contribution in [0.15, 0.2) is 29.2 Å². The molecule has 0 aromatic heterocycles. The normalized spacial score (nSPS) is 20.4. The van der Waals surface area contributed by atoms with Gasteiger partial charge in [-0.3, -0.25) is 4.79 Å². The minimum absolute atomic E-state index is 0.157. The number of nitrogens with one attached hydrogen (secondary N) is 1. The van der Waals surface area contributed by atoms with Crippen LogP contribution < -0.4 is 5.32 Å². The van der Waals surface area contributed by atoms with E-state index in [1.165, 1.54) is 39.1 Å². The molecule has 0 atom stereocenters. The Morgan fingerprint density at radius 1 is 1.00 bits per heavy atom. The Labute approximate surface area is 172 Å². The van der Waals surface area contributed by atoms with Crippen LogP contribution in [0.2, 0.25) is 0 Å². The van der Waals surface area contributed by atoms with Crippen molar-refractivity contribution in [3.8, 4) is 0 Å². The minimum Gasteiger partial charge on any atom is -0.379 e. The summed E-state index contributed by atoms with van der Waals surface area (Å²) in [5.74, 6) is -0.0521. The smallest absolute Gasteiger partial charge is 0.251 e. The van der Waals surface area contributed by atoms with Gasteiger partial charge in [-0.25, -0.2) is 21.1 Å². The molecule has 0 unspecified atom stereocenters. The van der Waals surface area contributed by atoms with Crippen LogP contribution in [0.1, 0.15) is 23.2 Å². The van der Waals surface area contributed by atoms with E-state index < -0.39 is 20.0 Å². The molecule has 2 saturated heterocycles. The fourth-order valence-electron chi connectivity index (χ4n) is 3.50. The van der Waals surface area contributed by atoms with Gasteiger partial charge in [0.1, 0.15) is 0 Å². The van der Waals surface area contributed by atoms with Gasteiger partial charge >= 0.3 is 0 Å². The number of carbonyl (C=O) groups excluding carboxylic acids is 1. The Morgan fingerprint density at radius 3 is 2.14 bits per heavy atom. The number of piperidine rings is 1. The van der Waals surface area contributed by atoms with Crippen LogP contribution in [0.3, 0.4) is 0 Å². The van der Waals surface area contributed by atoms with E-state index >= 15 is 0 Å². The van der Waals surface area contributed by atoms with Crippen molar-refractivity contribution in [3.05, 3.63) is 29.8 Å². The van der Waals surface area contributed by atoms with Crippen molar-refractivity contribution in [1.82, 2.24) is 13.9 Å². The number of hydrogen-bond acceptors (Lipinski definition) is 6. The largest absolute Gasteiger partial charge is 0.379 e. The number of ether oxygens (including phenoxy) is 1. The third kappa shape index (κ3) is 5.54. The third-order valence-electron chi connectivity index (χ3n) is 5.32. The van der Waals surface area contributed by atoms with Gasteiger partial charge in [-0.05, 0) is 43.0 Å². The van der Waals surface area contributed by atoms with E-state index in [1.54, 1.807) is 0 Å². The Bertz CT molecular complexity index is 917. The van der Waals surface area contributed by atoms with Crippen molar-refractivity contribution in [1.29, 1.82) is 0 Å². The zero-order valence-corrected chi connectivity index (χ0v) is 18.0. The molecule has 162 valence electrons. The van der Waals surface area contributed by atoms with E-state index in [2.05, 4.69) is 5.32 Å². The van der Waals surface area contributed by atoms with Crippen LogP contribution in [-0.2, 0) is 24.8 Å². The molecule has 2 aliphatic heterocycles. The number of morpholine rings is 1. The van der Waals surface area contributed by atoms with E-state index in [4.69, 9.17) is 4.74 Å². The van der Waals surface area contributed by atoms with Gasteiger partial charge in [0.15, 0.2) is 0 Å². The molecule has 0 radical (unpaired) electrons. The topological polar surface area (TPSA) is 113 Å². The molecule has 0 spiro atoms. The molecule has 0 bridgehead atoms. The van der Waals surface area contributed by atoms with Crippen LogP contribution in [0, 0.1) is 5.92 Å². The van der Waals surface area contributed by atoms with E-state index in [0.29, 0.717) is 64.3 Å². The highest BCUT2D eigenvalue weighted by atomic mass is 32.2. The number of hydrogen-bond donors (Lipinski definition) is 1. The van der Waals surface area contributed by atoms with Gasteiger partial charge in [0.2, 0.25) is 20.0 Å². The van der Waals surface area contributed by atoms with Gasteiger partial charge in [0, 0.05) is 38.3 Å². The van der Waals surface area contributed by atoms with Crippen molar-refractivity contribution in [2.45, 2.75) is 17.7 Å². The second-order valence-corrected chi connectivity index (χ2v) is 11.3. The van der Waals surface area contributed by atoms with Gasteiger partial charge in [-0.2, -0.15) is 4.31 Å². The molecule has 1 aromatic carbocycles. The monoisotopic (exact) mass is 445 g/mol. The molecule has 2 heterocycles. The van der Waals surface area contributed by atoms with Crippen LogP contribution in [0.5, 0.6) is 0 Å². The maximum atomic E-state index is 12.6. The number of rotatable bonds is 6. The lowest BCUT2D eigenvalue weighted by Crippen LogP contribution is -2.41. The molecule has 3 rings (SSSR count). The summed E-state index contributed by atoms with van der Waals surface area (Å²) in [6, 6.07) is 5.92. The second kappa shape index (κ2) is 9.09. The molecule has 29 heavy (non-hydrogen) atoms. The quantitative estimate of drug-likeness (QED) is 0.665. The summed E-state index contributed by atoms with van der Waals surface area (Å²) < 4.78 is 56.4. The van der Waals surface area contributed by atoms with Gasteiger partial charge in [0.05, 0.1) is 24.4 Å². The lowest BCUT2D eigenvalue weighted by Gasteiger charge is -2.30. The first kappa shape index (κ1) is 22.2. The van der Waals surface area contributed by atoms with Crippen molar-refractivity contribution in [3.63, 3.8) is 0 Å². The Balaban J connectivity index is 1.53. The molecule has 0 saturated carbocycles. The zero-order chi connectivity index (χ0) is 21.1. The summed E-state index contributed by atoms with van der Waals surface area (Å²) in [5, 5.41) is 2.86. The lowest BCUT2D eigenvalue weighted by molar-refractivity contribution is 0.0730. The maximum Gasteiger partial charge on any atom is 0.251 e. The summed E-state index contributed by atoms with van der Waals surface area (Å²) in [7, 11) is -6.74. The predicted octanol–water partition coefficient (Wildman–Crippen LogP) is 0.109. The number of benzene rings is 1. The zero-order valence-electron chi connectivity index (χ0n) is 16.4. The lowest BCUT2D eigenvalue weighted by atomic mass is 9.98. The highest BCUT2D eigenvalue weighted by Crippen LogP contribution is 2.20. The second-order valence-electron chi connectivity index (χ2n) is 7.36. The van der Waals surface area contributed by atoms with Crippen LogP contribution in [0.4, 0.5) is 0 Å². The van der Waals surface area contributed by atoms with Crippen LogP contribution in [0.25, 0.3) is 0 Å². The van der Waals surface area contributed by atoms with E-state index in [1.807, 2.05) is 0 Å². The van der Waals surface area contributed by atoms with Crippen molar-refractivity contribution < 1.29 is 26.4 Å². The van der Waals surface area contributed by atoms with Crippen molar-refractivity contribution in [2.75, 3.05) is 52.2 Å². The summed E-state index contributed by atoms with van der Waals surface area (Å²) in [4.78, 5) is 12.5. The molecule has 9 nitrogen and oxygen atoms in total. The summed E-state index contributed by atoms with van der Waals surface area (Å²) in [6.45, 7) is 2.79. The molecule has 0 aliphatic carbocycles. The standard InChI is InChI=1S/C18H27N3O6S2/c1-28(23,24)20-8-6-15(7-9-20)14-19-18(22)16-2-4-17(5-3-16)29(25,26)21-10-12-27-13-11-21/h2-5,15H,6-14H2,1H3,(H,19,22). The molecule has 1 amide bonds. The Hall–Kier alpha value is -1.53. The fourth-order valence-corrected chi connectivity index (χ4v) is 5.78. The number of carbonyl (C=O) groups is 1. The number of nitrogens with zero attached hydrogens (tertiary/aromatic N) is 2. The van der Waals surface area contributed by atoms with Crippen molar-refractivity contribution >= 4 is 26.0 Å². The maximum absolute atomic E-state index is 12.6. The SMILES string of the molecule is CS(=O)(=O)N1CCC(CNC(=O)c2ccc(S(=O)(=O)N3CCOCC3)cc2)CC1. The number of sulfonamides is 2. The molecular formula is C18H27N3O6S2. The first-order valence-corrected chi connectivity index (χ1v) is 12.9. The van der Waals surface area contributed by atoms with E-state index in [-0.39, 0.29) is 16.7 Å². The van der Waals surface area contributed by atoms with Gasteiger partial charge in [-0.1, -0.05) is 0 Å². The molecule has 11 heteroatoms. The predicted molar refractivity (Wildman–Crippen MR) is 107 cm³/mol. The number of amides is 1. The Morgan fingerprint density at radius 2 is 1.59 bits per heavy atom. The van der Waals surface area contributed by atoms with Crippen LogP contribution >= 0.6 is 0 Å². The molecule has 2 aliphatic rings. The first-order chi connectivity index (χ1) is 13.7. The third-order valence-corrected chi connectivity index (χ3v) is 8.53. The van der Waals surface area contributed by atoms with Gasteiger partial charge in [0.25, 0.3) is 5.91 Å². The highest BCUT2D eigenvalue weighted by molar-refractivity contribution is 7.89. The molecule has 1 aromatic rings. The minimum atomic E-state index is -3.58. The average molecular weight is 446 g/mol. The molecule has 2 fully saturated rings. The fraction of sp³-hybridized carbons (Fsp3) is 0.611. The Kier molecular flexibility index (Phi) is 6.94. The summed E-state index contributed by atoms with van der Waals surface area (Å²) >= 11 is 0.